The zero-order valence-electron chi connectivity index (χ0n) is 11.2. The molecule has 5 N–H and O–H groups in total. The van der Waals surface area contributed by atoms with Gasteiger partial charge in [0.15, 0.2) is 11.5 Å². The Balaban J connectivity index is 2.42. The van der Waals surface area contributed by atoms with Crippen LogP contribution in [0, 0.1) is 11.3 Å². The van der Waals surface area contributed by atoms with Gasteiger partial charge in [-0.25, -0.2) is 9.97 Å². The SMILES string of the molecule is CNc1c(N)ncc(O/C(=C/N)c2cnccn2)c1C#N. The van der Waals surface area contributed by atoms with Crippen molar-refractivity contribution in [2.75, 3.05) is 18.1 Å². The molecule has 0 saturated carbocycles. The molecule has 2 rings (SSSR count). The highest BCUT2D eigenvalue weighted by Crippen LogP contribution is 2.31. The number of nitriles is 1. The molecule has 2 heterocycles. The molecule has 0 aliphatic heterocycles. The molecule has 8 nitrogen and oxygen atoms in total. The number of nitrogens with one attached hydrogen (secondary N) is 1. The largest absolute Gasteiger partial charge is 0.450 e. The van der Waals surface area contributed by atoms with E-state index in [1.54, 1.807) is 7.05 Å². The first kappa shape index (κ1) is 14.1. The average Bonchev–Trinajstić information content (AvgIpc) is 2.54. The monoisotopic (exact) mass is 283 g/mol. The highest BCUT2D eigenvalue weighted by Gasteiger charge is 2.16. The van der Waals surface area contributed by atoms with E-state index in [9.17, 15) is 5.26 Å². The first-order valence-corrected chi connectivity index (χ1v) is 5.93. The lowest BCUT2D eigenvalue weighted by atomic mass is 10.2. The number of hydrogen-bond donors (Lipinski definition) is 3. The molecule has 0 unspecified atom stereocenters. The van der Waals surface area contributed by atoms with Gasteiger partial charge in [-0.3, -0.25) is 4.98 Å². The van der Waals surface area contributed by atoms with E-state index in [4.69, 9.17) is 16.2 Å². The van der Waals surface area contributed by atoms with Crippen LogP contribution < -0.4 is 21.5 Å². The minimum absolute atomic E-state index is 0.208. The van der Waals surface area contributed by atoms with Crippen LogP contribution in [0.1, 0.15) is 11.3 Å². The first-order valence-electron chi connectivity index (χ1n) is 5.93. The summed E-state index contributed by atoms with van der Waals surface area (Å²) in [5, 5.41) is 12.1. The van der Waals surface area contributed by atoms with Crippen molar-refractivity contribution in [2.24, 2.45) is 5.73 Å². The lowest BCUT2D eigenvalue weighted by Crippen LogP contribution is -2.06. The van der Waals surface area contributed by atoms with Gasteiger partial charge in [0.2, 0.25) is 0 Å². The number of nitrogens with two attached hydrogens (primary N) is 2. The van der Waals surface area contributed by atoms with Crippen LogP contribution in [0.2, 0.25) is 0 Å². The second kappa shape index (κ2) is 6.21. The first-order chi connectivity index (χ1) is 10.2. The Bertz CT molecular complexity index is 706. The van der Waals surface area contributed by atoms with Gasteiger partial charge < -0.3 is 21.5 Å². The van der Waals surface area contributed by atoms with E-state index in [0.717, 1.165) is 0 Å². The van der Waals surface area contributed by atoms with Gasteiger partial charge in [0, 0.05) is 25.6 Å². The minimum Gasteiger partial charge on any atom is -0.450 e. The topological polar surface area (TPSA) is 136 Å². The zero-order chi connectivity index (χ0) is 15.2. The number of nitrogen functional groups attached to an aromatic ring is 1. The number of rotatable bonds is 4. The van der Waals surface area contributed by atoms with E-state index in [0.29, 0.717) is 11.4 Å². The molecule has 21 heavy (non-hydrogen) atoms. The van der Waals surface area contributed by atoms with E-state index in [2.05, 4.69) is 20.3 Å². The molecule has 0 spiro atoms. The molecule has 2 aromatic heterocycles. The Kier molecular flexibility index (Phi) is 4.16. The van der Waals surface area contributed by atoms with Crippen LogP contribution in [-0.2, 0) is 0 Å². The molecule has 2 aromatic rings. The van der Waals surface area contributed by atoms with Gasteiger partial charge in [0.1, 0.15) is 23.1 Å². The fraction of sp³-hybridized carbons (Fsp3) is 0.0769. The van der Waals surface area contributed by atoms with Gasteiger partial charge in [0.25, 0.3) is 0 Å². The van der Waals surface area contributed by atoms with Gasteiger partial charge >= 0.3 is 0 Å². The molecule has 0 aliphatic rings. The molecule has 0 fully saturated rings. The fourth-order valence-corrected chi connectivity index (χ4v) is 1.67. The number of nitrogens with zero attached hydrogens (tertiary/aromatic N) is 4. The maximum atomic E-state index is 9.28. The highest BCUT2D eigenvalue weighted by atomic mass is 16.5. The van der Waals surface area contributed by atoms with Crippen molar-refractivity contribution in [1.29, 1.82) is 5.26 Å². The summed E-state index contributed by atoms with van der Waals surface area (Å²) in [7, 11) is 1.64. The fourth-order valence-electron chi connectivity index (χ4n) is 1.67. The number of anilines is 2. The van der Waals surface area contributed by atoms with Crippen LogP contribution in [0.3, 0.4) is 0 Å². The Labute approximate surface area is 121 Å². The molecule has 106 valence electrons. The lowest BCUT2D eigenvalue weighted by Gasteiger charge is -2.13. The molecule has 0 bridgehead atoms. The normalized spacial score (nSPS) is 10.8. The highest BCUT2D eigenvalue weighted by molar-refractivity contribution is 5.74. The average molecular weight is 283 g/mol. The number of ether oxygens (including phenoxy) is 1. The Morgan fingerprint density at radius 3 is 2.76 bits per heavy atom. The molecule has 8 heteroatoms. The van der Waals surface area contributed by atoms with Crippen molar-refractivity contribution in [3.8, 4) is 11.8 Å². The van der Waals surface area contributed by atoms with Gasteiger partial charge in [-0.05, 0) is 0 Å². The maximum absolute atomic E-state index is 9.28. The Hall–Kier alpha value is -3.34. The van der Waals surface area contributed by atoms with E-state index < -0.39 is 0 Å². The minimum atomic E-state index is 0.208. The second-order valence-electron chi connectivity index (χ2n) is 3.84. The third-order valence-corrected chi connectivity index (χ3v) is 2.62. The van der Waals surface area contributed by atoms with Crippen molar-refractivity contribution in [3.05, 3.63) is 42.2 Å². The van der Waals surface area contributed by atoms with Crippen molar-refractivity contribution in [2.45, 2.75) is 0 Å². The number of pyridine rings is 1. The van der Waals surface area contributed by atoms with E-state index in [-0.39, 0.29) is 22.9 Å². The smallest absolute Gasteiger partial charge is 0.170 e. The third kappa shape index (κ3) is 2.82. The second-order valence-corrected chi connectivity index (χ2v) is 3.84. The quantitative estimate of drug-likeness (QED) is 0.698. The molecule has 0 aromatic carbocycles. The standard InChI is InChI=1S/C13H13N7O/c1-17-12-8(4-14)11(7-20-13(12)16)21-10(5-15)9-6-18-2-3-19-9/h2-3,5-7,17H,15H2,1H3,(H2,16,20)/b10-5+. The van der Waals surface area contributed by atoms with Gasteiger partial charge in [-0.1, -0.05) is 0 Å². The summed E-state index contributed by atoms with van der Waals surface area (Å²) in [5.74, 6) is 0.686. The summed E-state index contributed by atoms with van der Waals surface area (Å²) in [6, 6.07) is 2.03. The van der Waals surface area contributed by atoms with Crippen LogP contribution in [0.15, 0.2) is 31.0 Å². The van der Waals surface area contributed by atoms with Crippen LogP contribution >= 0.6 is 0 Å². The summed E-state index contributed by atoms with van der Waals surface area (Å²) in [5.41, 5.74) is 12.3. The molecular weight excluding hydrogens is 270 g/mol. The van der Waals surface area contributed by atoms with Crippen molar-refractivity contribution >= 4 is 17.3 Å². The molecule has 0 saturated heterocycles. The summed E-state index contributed by atoms with van der Waals surface area (Å²) < 4.78 is 5.62. The number of hydrogen-bond acceptors (Lipinski definition) is 8. The summed E-state index contributed by atoms with van der Waals surface area (Å²) >= 11 is 0. The van der Waals surface area contributed by atoms with Crippen LogP contribution in [0.25, 0.3) is 5.76 Å². The van der Waals surface area contributed by atoms with Crippen molar-refractivity contribution < 1.29 is 4.74 Å². The number of aromatic nitrogens is 3. The van der Waals surface area contributed by atoms with Gasteiger partial charge in [-0.2, -0.15) is 5.26 Å². The Morgan fingerprint density at radius 2 is 2.19 bits per heavy atom. The zero-order valence-corrected chi connectivity index (χ0v) is 11.2. The van der Waals surface area contributed by atoms with Crippen LogP contribution in [0.4, 0.5) is 11.5 Å². The molecular formula is C13H13N7O. The van der Waals surface area contributed by atoms with E-state index >= 15 is 0 Å². The molecule has 0 radical (unpaired) electrons. The molecule has 0 aliphatic carbocycles. The van der Waals surface area contributed by atoms with Gasteiger partial charge in [-0.15, -0.1) is 0 Å². The van der Waals surface area contributed by atoms with Gasteiger partial charge in [0.05, 0.1) is 18.1 Å². The van der Waals surface area contributed by atoms with Crippen molar-refractivity contribution in [1.82, 2.24) is 15.0 Å². The molecule has 0 atom stereocenters. The van der Waals surface area contributed by atoms with E-state index in [1.807, 2.05) is 6.07 Å². The predicted molar refractivity (Wildman–Crippen MR) is 77.7 cm³/mol. The maximum Gasteiger partial charge on any atom is 0.170 e. The Morgan fingerprint density at radius 1 is 1.38 bits per heavy atom. The summed E-state index contributed by atoms with van der Waals surface area (Å²) in [4.78, 5) is 12.0. The summed E-state index contributed by atoms with van der Waals surface area (Å²) in [6.07, 6.45) is 7.12. The van der Waals surface area contributed by atoms with E-state index in [1.165, 1.54) is 31.0 Å². The lowest BCUT2D eigenvalue weighted by molar-refractivity contribution is 0.506. The van der Waals surface area contributed by atoms with Crippen LogP contribution in [-0.4, -0.2) is 22.0 Å². The molecule has 0 amide bonds. The summed E-state index contributed by atoms with van der Waals surface area (Å²) in [6.45, 7) is 0. The van der Waals surface area contributed by atoms with Crippen LogP contribution in [0.5, 0.6) is 5.75 Å². The third-order valence-electron chi connectivity index (χ3n) is 2.62. The van der Waals surface area contributed by atoms with Crippen molar-refractivity contribution in [3.63, 3.8) is 0 Å². The predicted octanol–water partition coefficient (Wildman–Crippen LogP) is 0.703.